The molecule has 3 N–H and O–H groups in total. The molecule has 1 atom stereocenters. The SMILES string of the molecule is CC(C)C(C)(O)CN(C)CCCN. The summed E-state index contributed by atoms with van der Waals surface area (Å²) in [4.78, 5) is 2.13. The minimum absolute atomic E-state index is 0.285. The summed E-state index contributed by atoms with van der Waals surface area (Å²) in [6.07, 6.45) is 0.991. The lowest BCUT2D eigenvalue weighted by atomic mass is 9.92. The van der Waals surface area contributed by atoms with Crippen LogP contribution in [-0.2, 0) is 0 Å². The van der Waals surface area contributed by atoms with Gasteiger partial charge in [0.25, 0.3) is 0 Å². The summed E-state index contributed by atoms with van der Waals surface area (Å²) in [5, 5.41) is 9.99. The Hall–Kier alpha value is -0.120. The molecule has 0 bridgehead atoms. The second-order valence-electron chi connectivity index (χ2n) is 4.39. The monoisotopic (exact) mass is 188 g/mol. The minimum atomic E-state index is -0.594. The number of hydrogen-bond donors (Lipinski definition) is 2. The number of hydrogen-bond acceptors (Lipinski definition) is 3. The molecule has 0 saturated carbocycles. The summed E-state index contributed by atoms with van der Waals surface area (Å²) >= 11 is 0. The van der Waals surface area contributed by atoms with Crippen LogP contribution in [0.5, 0.6) is 0 Å². The second kappa shape index (κ2) is 5.58. The van der Waals surface area contributed by atoms with Crippen LogP contribution in [0.3, 0.4) is 0 Å². The standard InChI is InChI=1S/C10H24N2O/c1-9(2)10(3,13)8-12(4)7-5-6-11/h9,13H,5-8,11H2,1-4H3. The Balaban J connectivity index is 3.82. The van der Waals surface area contributed by atoms with Gasteiger partial charge in [0, 0.05) is 6.54 Å². The molecule has 0 aromatic carbocycles. The van der Waals surface area contributed by atoms with Crippen molar-refractivity contribution in [3.8, 4) is 0 Å². The predicted molar refractivity (Wildman–Crippen MR) is 56.6 cm³/mol. The highest BCUT2D eigenvalue weighted by molar-refractivity contribution is 4.79. The summed E-state index contributed by atoms with van der Waals surface area (Å²) in [5.41, 5.74) is 4.82. The average Bonchev–Trinajstić information content (AvgIpc) is 1.99. The van der Waals surface area contributed by atoms with E-state index in [0.29, 0.717) is 13.1 Å². The first-order chi connectivity index (χ1) is 5.90. The zero-order valence-corrected chi connectivity index (χ0v) is 9.38. The Labute approximate surface area is 81.9 Å². The van der Waals surface area contributed by atoms with Gasteiger partial charge in [-0.25, -0.2) is 0 Å². The van der Waals surface area contributed by atoms with Crippen molar-refractivity contribution in [1.29, 1.82) is 0 Å². The van der Waals surface area contributed by atoms with Crippen molar-refractivity contribution >= 4 is 0 Å². The molecule has 0 amide bonds. The van der Waals surface area contributed by atoms with E-state index in [2.05, 4.69) is 4.90 Å². The van der Waals surface area contributed by atoms with Crippen LogP contribution in [-0.4, -0.2) is 42.3 Å². The van der Waals surface area contributed by atoms with Crippen molar-refractivity contribution in [2.45, 2.75) is 32.8 Å². The van der Waals surface area contributed by atoms with Crippen molar-refractivity contribution in [2.24, 2.45) is 11.7 Å². The topological polar surface area (TPSA) is 49.5 Å². The van der Waals surface area contributed by atoms with Gasteiger partial charge in [-0.3, -0.25) is 0 Å². The fourth-order valence-corrected chi connectivity index (χ4v) is 1.17. The van der Waals surface area contributed by atoms with Crippen LogP contribution < -0.4 is 5.73 Å². The van der Waals surface area contributed by atoms with Gasteiger partial charge in [0.2, 0.25) is 0 Å². The van der Waals surface area contributed by atoms with Gasteiger partial charge in [-0.15, -0.1) is 0 Å². The molecule has 0 fully saturated rings. The first kappa shape index (κ1) is 12.9. The molecule has 13 heavy (non-hydrogen) atoms. The maximum absolute atomic E-state index is 9.99. The van der Waals surface area contributed by atoms with E-state index < -0.39 is 5.60 Å². The molecule has 0 heterocycles. The van der Waals surface area contributed by atoms with E-state index in [-0.39, 0.29) is 5.92 Å². The van der Waals surface area contributed by atoms with E-state index in [9.17, 15) is 5.11 Å². The molecular formula is C10H24N2O. The molecular weight excluding hydrogens is 164 g/mol. The maximum Gasteiger partial charge on any atom is 0.0768 e. The first-order valence-corrected chi connectivity index (χ1v) is 5.01. The van der Waals surface area contributed by atoms with Crippen LogP contribution in [0.1, 0.15) is 27.2 Å². The molecule has 0 spiro atoms. The van der Waals surface area contributed by atoms with Crippen molar-refractivity contribution in [3.63, 3.8) is 0 Å². The molecule has 0 radical (unpaired) electrons. The average molecular weight is 188 g/mol. The number of nitrogens with two attached hydrogens (primary N) is 1. The maximum atomic E-state index is 9.99. The summed E-state index contributed by atoms with van der Waals surface area (Å²) < 4.78 is 0. The van der Waals surface area contributed by atoms with E-state index in [1.54, 1.807) is 0 Å². The van der Waals surface area contributed by atoms with Gasteiger partial charge in [0.15, 0.2) is 0 Å². The van der Waals surface area contributed by atoms with E-state index in [0.717, 1.165) is 13.0 Å². The van der Waals surface area contributed by atoms with Crippen LogP contribution in [0.15, 0.2) is 0 Å². The molecule has 1 unspecified atom stereocenters. The van der Waals surface area contributed by atoms with E-state index in [1.165, 1.54) is 0 Å². The zero-order chi connectivity index (χ0) is 10.5. The Kier molecular flexibility index (Phi) is 5.53. The molecule has 0 aliphatic heterocycles. The van der Waals surface area contributed by atoms with E-state index in [4.69, 9.17) is 5.73 Å². The summed E-state index contributed by atoms with van der Waals surface area (Å²) in [6.45, 7) is 8.35. The first-order valence-electron chi connectivity index (χ1n) is 5.01. The Morgan fingerprint density at radius 3 is 2.38 bits per heavy atom. The molecule has 0 aromatic rings. The van der Waals surface area contributed by atoms with Crippen molar-refractivity contribution in [3.05, 3.63) is 0 Å². The molecule has 0 aromatic heterocycles. The smallest absolute Gasteiger partial charge is 0.0768 e. The molecule has 0 saturated heterocycles. The lowest BCUT2D eigenvalue weighted by Gasteiger charge is -2.32. The molecule has 3 heteroatoms. The predicted octanol–water partition coefficient (Wildman–Crippen LogP) is 0.674. The fraction of sp³-hybridized carbons (Fsp3) is 1.00. The van der Waals surface area contributed by atoms with Gasteiger partial charge in [0.05, 0.1) is 5.60 Å². The third-order valence-corrected chi connectivity index (χ3v) is 2.58. The Bertz CT molecular complexity index is 135. The van der Waals surface area contributed by atoms with E-state index in [1.807, 2.05) is 27.8 Å². The number of aliphatic hydroxyl groups is 1. The Morgan fingerprint density at radius 1 is 1.46 bits per heavy atom. The van der Waals surface area contributed by atoms with Gasteiger partial charge in [0.1, 0.15) is 0 Å². The van der Waals surface area contributed by atoms with Gasteiger partial charge in [-0.1, -0.05) is 13.8 Å². The van der Waals surface area contributed by atoms with Crippen molar-refractivity contribution in [1.82, 2.24) is 4.90 Å². The highest BCUT2D eigenvalue weighted by Crippen LogP contribution is 2.16. The van der Waals surface area contributed by atoms with Gasteiger partial charge >= 0.3 is 0 Å². The number of likely N-dealkylation sites (N-methyl/N-ethyl adjacent to an activating group) is 1. The van der Waals surface area contributed by atoms with Gasteiger partial charge in [-0.05, 0) is 39.4 Å². The number of rotatable bonds is 6. The Morgan fingerprint density at radius 2 is 2.00 bits per heavy atom. The molecule has 0 aliphatic carbocycles. The third-order valence-electron chi connectivity index (χ3n) is 2.58. The summed E-state index contributed by atoms with van der Waals surface area (Å²) in [5.74, 6) is 0.285. The third kappa shape index (κ3) is 5.24. The van der Waals surface area contributed by atoms with E-state index >= 15 is 0 Å². The molecule has 3 nitrogen and oxygen atoms in total. The normalized spacial score (nSPS) is 16.6. The molecule has 0 aliphatic rings. The molecule has 0 rings (SSSR count). The number of nitrogens with zero attached hydrogens (tertiary/aromatic N) is 1. The van der Waals surface area contributed by atoms with Crippen LogP contribution >= 0.6 is 0 Å². The molecule has 80 valence electrons. The van der Waals surface area contributed by atoms with Crippen molar-refractivity contribution in [2.75, 3.05) is 26.7 Å². The minimum Gasteiger partial charge on any atom is -0.389 e. The van der Waals surface area contributed by atoms with Crippen LogP contribution in [0.4, 0.5) is 0 Å². The van der Waals surface area contributed by atoms with Crippen LogP contribution in [0.2, 0.25) is 0 Å². The lowest BCUT2D eigenvalue weighted by Crippen LogP contribution is -2.43. The zero-order valence-electron chi connectivity index (χ0n) is 9.38. The van der Waals surface area contributed by atoms with Gasteiger partial charge in [-0.2, -0.15) is 0 Å². The lowest BCUT2D eigenvalue weighted by molar-refractivity contribution is -0.0130. The largest absolute Gasteiger partial charge is 0.389 e. The highest BCUT2D eigenvalue weighted by Gasteiger charge is 2.25. The summed E-state index contributed by atoms with van der Waals surface area (Å²) in [7, 11) is 2.02. The fourth-order valence-electron chi connectivity index (χ4n) is 1.17. The highest BCUT2D eigenvalue weighted by atomic mass is 16.3. The van der Waals surface area contributed by atoms with Crippen LogP contribution in [0.25, 0.3) is 0 Å². The van der Waals surface area contributed by atoms with Crippen LogP contribution in [0, 0.1) is 5.92 Å². The van der Waals surface area contributed by atoms with Gasteiger partial charge < -0.3 is 15.7 Å². The second-order valence-corrected chi connectivity index (χ2v) is 4.39. The van der Waals surface area contributed by atoms with Crippen molar-refractivity contribution < 1.29 is 5.11 Å². The summed E-state index contributed by atoms with van der Waals surface area (Å²) in [6, 6.07) is 0. The quantitative estimate of drug-likeness (QED) is 0.644.